The monoisotopic (exact) mass is 467 g/mol. The van der Waals surface area contributed by atoms with Crippen LogP contribution in [0.15, 0.2) is 47.7 Å². The van der Waals surface area contributed by atoms with Gasteiger partial charge in [0.1, 0.15) is 0 Å². The van der Waals surface area contributed by atoms with Crippen LogP contribution >= 0.6 is 24.0 Å². The molecule has 1 N–H and O–H groups in total. The molecule has 1 aromatic carbocycles. The molecule has 0 spiro atoms. The Hall–Kier alpha value is -1.57. The van der Waals surface area contributed by atoms with Crippen molar-refractivity contribution in [2.45, 2.75) is 39.8 Å². The molecule has 0 radical (unpaired) electrons. The largest absolute Gasteiger partial charge is 0.357 e. The summed E-state index contributed by atoms with van der Waals surface area (Å²) in [6, 6.07) is 10.5. The Labute approximate surface area is 173 Å². The van der Waals surface area contributed by atoms with Crippen molar-refractivity contribution in [2.75, 3.05) is 19.6 Å². The van der Waals surface area contributed by atoms with Gasteiger partial charge in [0, 0.05) is 32.0 Å². The zero-order valence-electron chi connectivity index (χ0n) is 15.8. The molecule has 5 nitrogen and oxygen atoms in total. The molecule has 1 fully saturated rings. The Morgan fingerprint density at radius 2 is 2.08 bits per heavy atom. The normalized spacial score (nSPS) is 17.7. The second kappa shape index (κ2) is 10.5. The molecule has 0 aliphatic carbocycles. The number of aliphatic imine (C=N–C) groups is 1. The van der Waals surface area contributed by atoms with E-state index in [1.165, 1.54) is 24.0 Å². The zero-order chi connectivity index (χ0) is 17.5. The van der Waals surface area contributed by atoms with E-state index < -0.39 is 0 Å². The van der Waals surface area contributed by atoms with E-state index in [0.29, 0.717) is 6.54 Å². The predicted molar refractivity (Wildman–Crippen MR) is 118 cm³/mol. The lowest BCUT2D eigenvalue weighted by atomic mass is 10.0. The van der Waals surface area contributed by atoms with Crippen LogP contribution in [0, 0.1) is 5.92 Å². The number of piperidine rings is 1. The third-order valence-corrected chi connectivity index (χ3v) is 4.70. The molecule has 2 heterocycles. The fourth-order valence-electron chi connectivity index (χ4n) is 3.40. The first-order valence-electron chi connectivity index (χ1n) is 9.33. The smallest absolute Gasteiger partial charge is 0.194 e. The summed E-state index contributed by atoms with van der Waals surface area (Å²) in [6.45, 7) is 9.05. The summed E-state index contributed by atoms with van der Waals surface area (Å²) < 4.78 is 1.96. The average molecular weight is 467 g/mol. The molecule has 3 rings (SSSR count). The van der Waals surface area contributed by atoms with Gasteiger partial charge in [0.25, 0.3) is 0 Å². The van der Waals surface area contributed by atoms with Crippen LogP contribution in [-0.4, -0.2) is 40.3 Å². The molecule has 2 aromatic rings. The van der Waals surface area contributed by atoms with Crippen LogP contribution in [0.1, 0.15) is 37.8 Å². The maximum absolute atomic E-state index is 4.93. The molecule has 1 aliphatic rings. The van der Waals surface area contributed by atoms with Crippen molar-refractivity contribution in [3.05, 3.63) is 53.9 Å². The van der Waals surface area contributed by atoms with E-state index in [1.807, 2.05) is 23.1 Å². The number of hydrogen-bond acceptors (Lipinski definition) is 2. The molecule has 1 aromatic heterocycles. The zero-order valence-corrected chi connectivity index (χ0v) is 18.1. The van der Waals surface area contributed by atoms with Gasteiger partial charge in [-0.1, -0.05) is 31.2 Å². The lowest BCUT2D eigenvalue weighted by Gasteiger charge is -2.33. The number of guanidine groups is 1. The predicted octanol–water partition coefficient (Wildman–Crippen LogP) is 3.75. The van der Waals surface area contributed by atoms with Crippen molar-refractivity contribution in [1.29, 1.82) is 0 Å². The fourth-order valence-corrected chi connectivity index (χ4v) is 3.40. The van der Waals surface area contributed by atoms with Crippen LogP contribution in [0.5, 0.6) is 0 Å². The lowest BCUT2D eigenvalue weighted by molar-refractivity contribution is 0.266. The Morgan fingerprint density at radius 1 is 1.27 bits per heavy atom. The minimum atomic E-state index is 0. The van der Waals surface area contributed by atoms with E-state index in [1.54, 1.807) is 0 Å². The Morgan fingerprint density at radius 3 is 2.77 bits per heavy atom. The molecule has 0 bridgehead atoms. The van der Waals surface area contributed by atoms with Gasteiger partial charge in [0.05, 0.1) is 13.1 Å². The van der Waals surface area contributed by atoms with Gasteiger partial charge >= 0.3 is 0 Å². The van der Waals surface area contributed by atoms with E-state index in [2.05, 4.69) is 53.4 Å². The quantitative estimate of drug-likeness (QED) is 0.414. The molecule has 1 aliphatic heterocycles. The van der Waals surface area contributed by atoms with Crippen LogP contribution in [0.3, 0.4) is 0 Å². The van der Waals surface area contributed by atoms with Gasteiger partial charge < -0.3 is 10.2 Å². The van der Waals surface area contributed by atoms with Crippen LogP contribution in [0.25, 0.3) is 0 Å². The molecular formula is C20H30IN5. The van der Waals surface area contributed by atoms with Crippen LogP contribution in [0.4, 0.5) is 0 Å². The third-order valence-electron chi connectivity index (χ3n) is 4.70. The number of aromatic nitrogens is 2. The summed E-state index contributed by atoms with van der Waals surface area (Å²) in [7, 11) is 0. The number of benzene rings is 1. The molecular weight excluding hydrogens is 437 g/mol. The van der Waals surface area contributed by atoms with Crippen molar-refractivity contribution in [2.24, 2.45) is 10.9 Å². The summed E-state index contributed by atoms with van der Waals surface area (Å²) in [6.07, 6.45) is 6.39. The summed E-state index contributed by atoms with van der Waals surface area (Å²) in [5.41, 5.74) is 2.54. The molecule has 1 atom stereocenters. The van der Waals surface area contributed by atoms with Crippen LogP contribution < -0.4 is 5.32 Å². The molecule has 26 heavy (non-hydrogen) atoms. The molecule has 1 saturated heterocycles. The number of hydrogen-bond donors (Lipinski definition) is 1. The lowest BCUT2D eigenvalue weighted by Crippen LogP contribution is -2.46. The van der Waals surface area contributed by atoms with Crippen LogP contribution in [-0.2, 0) is 13.1 Å². The third kappa shape index (κ3) is 5.72. The first-order valence-corrected chi connectivity index (χ1v) is 9.33. The second-order valence-corrected chi connectivity index (χ2v) is 6.84. The number of halogens is 1. The summed E-state index contributed by atoms with van der Waals surface area (Å²) in [5, 5.41) is 7.79. The van der Waals surface area contributed by atoms with Crippen molar-refractivity contribution in [3.63, 3.8) is 0 Å². The summed E-state index contributed by atoms with van der Waals surface area (Å²) >= 11 is 0. The first kappa shape index (κ1) is 20.7. The summed E-state index contributed by atoms with van der Waals surface area (Å²) in [5.74, 6) is 1.78. The maximum Gasteiger partial charge on any atom is 0.194 e. The highest BCUT2D eigenvalue weighted by molar-refractivity contribution is 14.0. The van der Waals surface area contributed by atoms with Crippen molar-refractivity contribution >= 4 is 29.9 Å². The van der Waals surface area contributed by atoms with Gasteiger partial charge in [-0.25, -0.2) is 4.99 Å². The van der Waals surface area contributed by atoms with Gasteiger partial charge in [0.15, 0.2) is 5.96 Å². The second-order valence-electron chi connectivity index (χ2n) is 6.84. The topological polar surface area (TPSA) is 45.5 Å². The van der Waals surface area contributed by atoms with E-state index in [0.717, 1.165) is 38.1 Å². The molecule has 0 saturated carbocycles. The highest BCUT2D eigenvalue weighted by Crippen LogP contribution is 2.16. The number of nitrogens with zero attached hydrogens (tertiary/aromatic N) is 4. The average Bonchev–Trinajstić information content (AvgIpc) is 3.13. The van der Waals surface area contributed by atoms with E-state index >= 15 is 0 Å². The van der Waals surface area contributed by atoms with Crippen molar-refractivity contribution < 1.29 is 0 Å². The maximum atomic E-state index is 4.93. The Balaban J connectivity index is 0.00000243. The van der Waals surface area contributed by atoms with E-state index in [-0.39, 0.29) is 24.0 Å². The van der Waals surface area contributed by atoms with E-state index in [4.69, 9.17) is 4.99 Å². The fraction of sp³-hybridized carbons (Fsp3) is 0.500. The molecule has 0 amide bonds. The SMILES string of the molecule is CCNC(=NCc1ccccc1Cn1cccn1)N1CCCC(C)C1.I. The number of nitrogens with one attached hydrogen (secondary N) is 1. The minimum absolute atomic E-state index is 0. The molecule has 1 unspecified atom stereocenters. The van der Waals surface area contributed by atoms with Gasteiger partial charge in [-0.05, 0) is 42.9 Å². The summed E-state index contributed by atoms with van der Waals surface area (Å²) in [4.78, 5) is 7.34. The standard InChI is InChI=1S/C20H29N5.HI/c1-3-21-20(24-12-6-8-17(2)15-24)22-14-18-9-4-5-10-19(18)16-25-13-7-11-23-25;/h4-5,7,9-11,13,17H,3,6,8,12,14-16H2,1-2H3,(H,21,22);1H. The van der Waals surface area contributed by atoms with Gasteiger partial charge in [-0.3, -0.25) is 4.68 Å². The first-order chi connectivity index (χ1) is 12.3. The number of rotatable bonds is 5. The van der Waals surface area contributed by atoms with Crippen molar-refractivity contribution in [1.82, 2.24) is 20.0 Å². The van der Waals surface area contributed by atoms with Gasteiger partial charge in [0.2, 0.25) is 0 Å². The van der Waals surface area contributed by atoms with E-state index in [9.17, 15) is 0 Å². The molecule has 142 valence electrons. The highest BCUT2D eigenvalue weighted by Gasteiger charge is 2.19. The van der Waals surface area contributed by atoms with Gasteiger partial charge in [-0.15, -0.1) is 24.0 Å². The Bertz CT molecular complexity index is 683. The minimum Gasteiger partial charge on any atom is -0.357 e. The van der Waals surface area contributed by atoms with Crippen molar-refractivity contribution in [3.8, 4) is 0 Å². The number of likely N-dealkylation sites (tertiary alicyclic amines) is 1. The highest BCUT2D eigenvalue weighted by atomic mass is 127. The van der Waals surface area contributed by atoms with Crippen LogP contribution in [0.2, 0.25) is 0 Å². The Kier molecular flexibility index (Phi) is 8.41. The van der Waals surface area contributed by atoms with Gasteiger partial charge in [-0.2, -0.15) is 5.10 Å². The molecule has 6 heteroatoms.